The standard InChI is InChI=1S/C24H25F3N6O4/c1-12-19(37-14-9-13-3-4-15(22(34)35)16(13)10-14)6-5-17(29-12)21-18(33(2)32-31-21)11-36-23-28-8-7-20(30-23)24(25,26)27/h5-8,13-16H,3-4,9-11H2,1-2H3,(H,34,35). The van der Waals surface area contributed by atoms with E-state index in [1.807, 2.05) is 0 Å². The zero-order valence-electron chi connectivity index (χ0n) is 20.1. The van der Waals surface area contributed by atoms with Crippen LogP contribution in [0, 0.1) is 24.7 Å². The van der Waals surface area contributed by atoms with E-state index in [4.69, 9.17) is 9.47 Å². The molecule has 2 aliphatic carbocycles. The number of hydrogen-bond acceptors (Lipinski definition) is 8. The number of pyridine rings is 1. The van der Waals surface area contributed by atoms with Crippen LogP contribution in [0.15, 0.2) is 24.4 Å². The number of carbonyl (C=O) groups is 1. The highest BCUT2D eigenvalue weighted by atomic mass is 19.4. The maximum atomic E-state index is 12.9. The lowest BCUT2D eigenvalue weighted by molar-refractivity contribution is -0.143. The quantitative estimate of drug-likeness (QED) is 0.497. The Bertz CT molecular complexity index is 1310. The number of hydrogen-bond donors (Lipinski definition) is 1. The van der Waals surface area contributed by atoms with E-state index in [0.717, 1.165) is 31.5 Å². The number of alkyl halides is 3. The fourth-order valence-corrected chi connectivity index (χ4v) is 5.36. The summed E-state index contributed by atoms with van der Waals surface area (Å²) in [6.45, 7) is 1.63. The molecule has 4 unspecified atom stereocenters. The smallest absolute Gasteiger partial charge is 0.433 e. The Balaban J connectivity index is 1.28. The molecular formula is C24H25F3N6O4. The van der Waals surface area contributed by atoms with Crippen LogP contribution in [0.5, 0.6) is 11.8 Å². The van der Waals surface area contributed by atoms with Gasteiger partial charge in [-0.3, -0.25) is 4.79 Å². The highest BCUT2D eigenvalue weighted by Gasteiger charge is 2.47. The predicted octanol–water partition coefficient (Wildman–Crippen LogP) is 3.84. The summed E-state index contributed by atoms with van der Waals surface area (Å²) < 4.78 is 51.8. The molecule has 10 nitrogen and oxygen atoms in total. The number of aromatic nitrogens is 6. The van der Waals surface area contributed by atoms with Crippen LogP contribution in [0.1, 0.15) is 42.8 Å². The van der Waals surface area contributed by atoms with E-state index in [-0.39, 0.29) is 24.5 Å². The van der Waals surface area contributed by atoms with Gasteiger partial charge >= 0.3 is 18.2 Å². The lowest BCUT2D eigenvalue weighted by atomic mass is 9.92. The molecule has 0 aromatic carbocycles. The minimum Gasteiger partial charge on any atom is -0.489 e. The summed E-state index contributed by atoms with van der Waals surface area (Å²) in [6, 6.07) is 3.87. The maximum absolute atomic E-state index is 12.9. The van der Waals surface area contributed by atoms with Gasteiger partial charge in [0, 0.05) is 13.2 Å². The molecule has 2 fully saturated rings. The van der Waals surface area contributed by atoms with Crippen LogP contribution in [0.4, 0.5) is 13.2 Å². The van der Waals surface area contributed by atoms with Gasteiger partial charge in [-0.15, -0.1) is 5.10 Å². The molecule has 0 saturated heterocycles. The van der Waals surface area contributed by atoms with E-state index < -0.39 is 23.8 Å². The lowest BCUT2D eigenvalue weighted by Crippen LogP contribution is -2.21. The third-order valence-electron chi connectivity index (χ3n) is 7.17. The molecular weight excluding hydrogens is 493 g/mol. The van der Waals surface area contributed by atoms with Gasteiger partial charge in [0.15, 0.2) is 5.69 Å². The van der Waals surface area contributed by atoms with Crippen LogP contribution in [-0.4, -0.2) is 47.1 Å². The molecule has 2 saturated carbocycles. The molecule has 0 aliphatic heterocycles. The van der Waals surface area contributed by atoms with E-state index in [2.05, 4.69) is 25.3 Å². The van der Waals surface area contributed by atoms with Crippen LogP contribution in [-0.2, 0) is 24.6 Å². The maximum Gasteiger partial charge on any atom is 0.433 e. The van der Waals surface area contributed by atoms with Crippen molar-refractivity contribution < 1.29 is 32.5 Å². The van der Waals surface area contributed by atoms with Crippen molar-refractivity contribution in [2.24, 2.45) is 24.8 Å². The summed E-state index contributed by atoms with van der Waals surface area (Å²) in [7, 11) is 1.63. The van der Waals surface area contributed by atoms with Gasteiger partial charge in [0.05, 0.1) is 23.4 Å². The van der Waals surface area contributed by atoms with E-state index >= 15 is 0 Å². The molecule has 4 atom stereocenters. The first-order valence-corrected chi connectivity index (χ1v) is 11.9. The van der Waals surface area contributed by atoms with Gasteiger partial charge in [0.2, 0.25) is 0 Å². The minimum atomic E-state index is -4.61. The fraction of sp³-hybridized carbons (Fsp3) is 0.500. The lowest BCUT2D eigenvalue weighted by Gasteiger charge is -2.18. The summed E-state index contributed by atoms with van der Waals surface area (Å²) in [4.78, 5) is 23.3. The van der Waals surface area contributed by atoms with Gasteiger partial charge in [0.1, 0.15) is 23.7 Å². The van der Waals surface area contributed by atoms with Crippen molar-refractivity contribution in [2.45, 2.75) is 51.5 Å². The van der Waals surface area contributed by atoms with Gasteiger partial charge in [-0.2, -0.15) is 18.2 Å². The van der Waals surface area contributed by atoms with Gasteiger partial charge in [-0.05, 0) is 62.6 Å². The fourth-order valence-electron chi connectivity index (χ4n) is 5.36. The van der Waals surface area contributed by atoms with Gasteiger partial charge in [-0.1, -0.05) is 5.21 Å². The number of rotatable bonds is 7. The SMILES string of the molecule is Cc1nc(-c2nnn(C)c2COc2nccc(C(F)(F)F)n2)ccc1OC1CC2CCC(C(=O)O)C2C1. The second-order valence-electron chi connectivity index (χ2n) is 9.46. The first-order chi connectivity index (χ1) is 17.6. The van der Waals surface area contributed by atoms with Crippen molar-refractivity contribution in [3.63, 3.8) is 0 Å². The topological polar surface area (TPSA) is 125 Å². The first-order valence-electron chi connectivity index (χ1n) is 11.9. The Labute approximate surface area is 209 Å². The zero-order chi connectivity index (χ0) is 26.3. The van der Waals surface area contributed by atoms with E-state index in [0.29, 0.717) is 40.9 Å². The van der Waals surface area contributed by atoms with Crippen molar-refractivity contribution in [1.29, 1.82) is 0 Å². The molecule has 1 N–H and O–H groups in total. The second kappa shape index (κ2) is 9.60. The number of halogens is 3. The van der Waals surface area contributed by atoms with Crippen molar-refractivity contribution in [3.05, 3.63) is 41.5 Å². The zero-order valence-corrected chi connectivity index (χ0v) is 20.1. The van der Waals surface area contributed by atoms with E-state index in [9.17, 15) is 23.1 Å². The summed E-state index contributed by atoms with van der Waals surface area (Å²) in [5.74, 6) is 0.122. The van der Waals surface area contributed by atoms with Crippen molar-refractivity contribution in [2.75, 3.05) is 0 Å². The molecule has 0 radical (unpaired) electrons. The number of fused-ring (bicyclic) bond motifs is 1. The molecule has 5 rings (SSSR count). The Morgan fingerprint density at radius 1 is 1.19 bits per heavy atom. The van der Waals surface area contributed by atoms with Gasteiger partial charge < -0.3 is 14.6 Å². The number of aliphatic carboxylic acids is 1. The van der Waals surface area contributed by atoms with Crippen molar-refractivity contribution in [3.8, 4) is 23.1 Å². The Kier molecular flexibility index (Phi) is 6.46. The average Bonchev–Trinajstić information content (AvgIpc) is 3.52. The third kappa shape index (κ3) is 5.07. The molecule has 0 amide bonds. The van der Waals surface area contributed by atoms with Crippen LogP contribution >= 0.6 is 0 Å². The predicted molar refractivity (Wildman–Crippen MR) is 121 cm³/mol. The average molecular weight is 518 g/mol. The van der Waals surface area contributed by atoms with E-state index in [1.54, 1.807) is 26.1 Å². The largest absolute Gasteiger partial charge is 0.489 e. The highest BCUT2D eigenvalue weighted by molar-refractivity contribution is 5.71. The Morgan fingerprint density at radius 2 is 2.00 bits per heavy atom. The molecule has 0 spiro atoms. The molecule has 2 aliphatic rings. The van der Waals surface area contributed by atoms with Gasteiger partial charge in [-0.25, -0.2) is 14.6 Å². The molecule has 3 aromatic rings. The summed E-state index contributed by atoms with van der Waals surface area (Å²) >= 11 is 0. The number of ether oxygens (including phenoxy) is 2. The minimum absolute atomic E-state index is 0.0589. The van der Waals surface area contributed by atoms with Crippen LogP contribution in [0.25, 0.3) is 11.4 Å². The summed E-state index contributed by atoms with van der Waals surface area (Å²) in [6.07, 6.45) is -0.490. The monoisotopic (exact) mass is 518 g/mol. The van der Waals surface area contributed by atoms with Crippen molar-refractivity contribution in [1.82, 2.24) is 29.9 Å². The summed E-state index contributed by atoms with van der Waals surface area (Å²) in [5.41, 5.74) is 0.908. The molecule has 3 heterocycles. The molecule has 37 heavy (non-hydrogen) atoms. The summed E-state index contributed by atoms with van der Waals surface area (Å²) in [5, 5.41) is 17.6. The number of nitrogens with zero attached hydrogens (tertiary/aromatic N) is 6. The molecule has 196 valence electrons. The Hall–Kier alpha value is -3.77. The third-order valence-corrected chi connectivity index (χ3v) is 7.17. The number of carboxylic acids is 1. The molecule has 13 heteroatoms. The molecule has 3 aromatic heterocycles. The van der Waals surface area contributed by atoms with Crippen molar-refractivity contribution >= 4 is 5.97 Å². The normalized spacial score (nSPS) is 23.2. The van der Waals surface area contributed by atoms with E-state index in [1.165, 1.54) is 4.68 Å². The van der Waals surface area contributed by atoms with Crippen LogP contribution < -0.4 is 9.47 Å². The van der Waals surface area contributed by atoms with Crippen LogP contribution in [0.2, 0.25) is 0 Å². The Morgan fingerprint density at radius 3 is 2.73 bits per heavy atom. The second-order valence-corrected chi connectivity index (χ2v) is 9.46. The number of aryl methyl sites for hydroxylation is 2. The van der Waals surface area contributed by atoms with Gasteiger partial charge in [0.25, 0.3) is 0 Å². The highest BCUT2D eigenvalue weighted by Crippen LogP contribution is 2.48. The number of carboxylic acid groups (broad SMARTS) is 1. The van der Waals surface area contributed by atoms with Crippen LogP contribution in [0.3, 0.4) is 0 Å². The first kappa shape index (κ1) is 24.9. The molecule has 0 bridgehead atoms.